The molecular formula is C22H25N3O3. The summed E-state index contributed by atoms with van der Waals surface area (Å²) in [4.78, 5) is 40.7. The fourth-order valence-electron chi connectivity index (χ4n) is 3.15. The number of imide groups is 1. The number of unbranched alkanes of at least 4 members (excludes halogenated alkanes) is 1. The molecular weight excluding hydrogens is 354 g/mol. The predicted octanol–water partition coefficient (Wildman–Crippen LogP) is 3.08. The number of hydrogen-bond donors (Lipinski definition) is 1. The quantitative estimate of drug-likeness (QED) is 0.751. The molecule has 6 heteroatoms. The number of rotatable bonds is 7. The van der Waals surface area contributed by atoms with Gasteiger partial charge < -0.3 is 10.2 Å². The first-order valence-corrected chi connectivity index (χ1v) is 9.47. The number of fused-ring (bicyclic) bond motifs is 1. The smallest absolute Gasteiger partial charge is 0.261 e. The molecule has 146 valence electrons. The van der Waals surface area contributed by atoms with E-state index in [1.165, 1.54) is 11.0 Å². The summed E-state index contributed by atoms with van der Waals surface area (Å²) in [6, 6.07) is 12.6. The van der Waals surface area contributed by atoms with E-state index in [4.69, 9.17) is 0 Å². The summed E-state index contributed by atoms with van der Waals surface area (Å²) in [5, 5.41) is 2.86. The summed E-state index contributed by atoms with van der Waals surface area (Å²) in [6.07, 6.45) is 1.67. The second-order valence-corrected chi connectivity index (χ2v) is 7.12. The second-order valence-electron chi connectivity index (χ2n) is 7.12. The molecule has 1 heterocycles. The lowest BCUT2D eigenvalue weighted by Crippen LogP contribution is -2.30. The van der Waals surface area contributed by atoms with Crippen molar-refractivity contribution in [2.45, 2.75) is 26.3 Å². The molecule has 0 aliphatic carbocycles. The van der Waals surface area contributed by atoms with Crippen LogP contribution in [-0.4, -0.2) is 43.3 Å². The summed E-state index contributed by atoms with van der Waals surface area (Å²) < 4.78 is 0. The van der Waals surface area contributed by atoms with E-state index < -0.39 is 0 Å². The van der Waals surface area contributed by atoms with Crippen LogP contribution in [0.4, 0.5) is 5.69 Å². The minimum atomic E-state index is -0.317. The van der Waals surface area contributed by atoms with Crippen LogP contribution in [0, 0.1) is 0 Å². The van der Waals surface area contributed by atoms with Crippen LogP contribution >= 0.6 is 0 Å². The molecule has 1 aliphatic rings. The van der Waals surface area contributed by atoms with Gasteiger partial charge in [-0.15, -0.1) is 0 Å². The number of nitrogens with one attached hydrogen (secondary N) is 1. The maximum atomic E-state index is 12.5. The number of carbonyl (C=O) groups is 3. The molecule has 0 saturated heterocycles. The van der Waals surface area contributed by atoms with E-state index in [2.05, 4.69) is 5.32 Å². The molecule has 0 saturated carbocycles. The van der Waals surface area contributed by atoms with Crippen LogP contribution in [0.3, 0.4) is 0 Å². The highest BCUT2D eigenvalue weighted by Crippen LogP contribution is 2.24. The van der Waals surface area contributed by atoms with E-state index in [0.29, 0.717) is 29.8 Å². The molecule has 0 atom stereocenters. The summed E-state index contributed by atoms with van der Waals surface area (Å²) in [5.74, 6) is -0.865. The van der Waals surface area contributed by atoms with Crippen molar-refractivity contribution in [2.24, 2.45) is 0 Å². The predicted molar refractivity (Wildman–Crippen MR) is 109 cm³/mol. The summed E-state index contributed by atoms with van der Waals surface area (Å²) in [5.41, 5.74) is 3.13. The first-order valence-electron chi connectivity index (χ1n) is 9.47. The van der Waals surface area contributed by atoms with Gasteiger partial charge in [-0.2, -0.15) is 0 Å². The molecule has 0 fully saturated rings. The van der Waals surface area contributed by atoms with Gasteiger partial charge in [-0.1, -0.05) is 25.5 Å². The first kappa shape index (κ1) is 19.6. The molecule has 2 aromatic carbocycles. The van der Waals surface area contributed by atoms with Crippen LogP contribution in [0.25, 0.3) is 0 Å². The van der Waals surface area contributed by atoms with Gasteiger partial charge in [0.05, 0.1) is 11.1 Å². The molecule has 0 aromatic heterocycles. The Kier molecular flexibility index (Phi) is 5.78. The third kappa shape index (κ3) is 3.91. The van der Waals surface area contributed by atoms with E-state index in [1.54, 1.807) is 12.1 Å². The minimum absolute atomic E-state index is 0.272. The highest BCUT2D eigenvalue weighted by Gasteiger charge is 2.35. The van der Waals surface area contributed by atoms with Crippen molar-refractivity contribution >= 4 is 23.4 Å². The fraction of sp³-hybridized carbons (Fsp3) is 0.318. The van der Waals surface area contributed by atoms with Crippen LogP contribution in [0.2, 0.25) is 0 Å². The van der Waals surface area contributed by atoms with Crippen LogP contribution in [0.1, 0.15) is 56.4 Å². The monoisotopic (exact) mass is 379 g/mol. The molecule has 1 N–H and O–H groups in total. The molecule has 0 bridgehead atoms. The topological polar surface area (TPSA) is 69.7 Å². The molecule has 0 spiro atoms. The van der Waals surface area contributed by atoms with Crippen molar-refractivity contribution in [3.05, 3.63) is 64.7 Å². The van der Waals surface area contributed by atoms with E-state index in [9.17, 15) is 14.4 Å². The van der Waals surface area contributed by atoms with E-state index in [-0.39, 0.29) is 17.7 Å². The van der Waals surface area contributed by atoms with Gasteiger partial charge in [0.2, 0.25) is 0 Å². The Hall–Kier alpha value is -3.15. The van der Waals surface area contributed by atoms with Crippen LogP contribution in [0.15, 0.2) is 42.5 Å². The molecule has 3 rings (SSSR count). The van der Waals surface area contributed by atoms with E-state index >= 15 is 0 Å². The second kappa shape index (κ2) is 8.25. The van der Waals surface area contributed by atoms with Gasteiger partial charge >= 0.3 is 0 Å². The number of amides is 3. The van der Waals surface area contributed by atoms with Crippen molar-refractivity contribution in [1.29, 1.82) is 0 Å². The maximum absolute atomic E-state index is 12.5. The van der Waals surface area contributed by atoms with Gasteiger partial charge in [0.25, 0.3) is 17.7 Å². The number of nitrogens with zero attached hydrogens (tertiary/aromatic N) is 2. The number of anilines is 1. The van der Waals surface area contributed by atoms with Crippen LogP contribution < -0.4 is 10.2 Å². The Morgan fingerprint density at radius 3 is 2.32 bits per heavy atom. The fourth-order valence-corrected chi connectivity index (χ4v) is 3.15. The van der Waals surface area contributed by atoms with Gasteiger partial charge in [0.15, 0.2) is 0 Å². The SMILES string of the molecule is CCCCN1C(=O)c2ccc(C(=O)NCc3ccc(N(C)C)cc3)cc2C1=O. The van der Waals surface area contributed by atoms with E-state index in [1.807, 2.05) is 50.2 Å². The van der Waals surface area contributed by atoms with Crippen molar-refractivity contribution in [1.82, 2.24) is 10.2 Å². The summed E-state index contributed by atoms with van der Waals surface area (Å²) in [6.45, 7) is 2.81. The summed E-state index contributed by atoms with van der Waals surface area (Å²) in [7, 11) is 3.94. The molecule has 1 aliphatic heterocycles. The lowest BCUT2D eigenvalue weighted by Gasteiger charge is -2.13. The molecule has 28 heavy (non-hydrogen) atoms. The van der Waals surface area contributed by atoms with Gasteiger partial charge in [-0.05, 0) is 42.3 Å². The Morgan fingerprint density at radius 1 is 1.00 bits per heavy atom. The Morgan fingerprint density at radius 2 is 1.68 bits per heavy atom. The van der Waals surface area contributed by atoms with Gasteiger partial charge in [0, 0.05) is 38.4 Å². The highest BCUT2D eigenvalue weighted by molar-refractivity contribution is 6.22. The van der Waals surface area contributed by atoms with Crippen molar-refractivity contribution in [3.63, 3.8) is 0 Å². The molecule has 2 aromatic rings. The van der Waals surface area contributed by atoms with Crippen LogP contribution in [0.5, 0.6) is 0 Å². The maximum Gasteiger partial charge on any atom is 0.261 e. The highest BCUT2D eigenvalue weighted by atomic mass is 16.2. The summed E-state index contributed by atoms with van der Waals surface area (Å²) >= 11 is 0. The average molecular weight is 379 g/mol. The van der Waals surface area contributed by atoms with Gasteiger partial charge in [0.1, 0.15) is 0 Å². The van der Waals surface area contributed by atoms with E-state index in [0.717, 1.165) is 24.1 Å². The zero-order chi connectivity index (χ0) is 20.3. The number of benzene rings is 2. The largest absolute Gasteiger partial charge is 0.378 e. The molecule has 6 nitrogen and oxygen atoms in total. The average Bonchev–Trinajstić information content (AvgIpc) is 2.94. The van der Waals surface area contributed by atoms with Gasteiger partial charge in [-0.3, -0.25) is 19.3 Å². The standard InChI is InChI=1S/C22H25N3O3/c1-4-5-12-25-21(27)18-11-8-16(13-19(18)22(25)28)20(26)23-14-15-6-9-17(10-7-15)24(2)3/h6-11,13H,4-5,12,14H2,1-3H3,(H,23,26). The van der Waals surface area contributed by atoms with Gasteiger partial charge in [-0.25, -0.2) is 0 Å². The number of hydrogen-bond acceptors (Lipinski definition) is 4. The van der Waals surface area contributed by atoms with Crippen molar-refractivity contribution < 1.29 is 14.4 Å². The zero-order valence-corrected chi connectivity index (χ0v) is 16.5. The number of carbonyl (C=O) groups excluding carboxylic acids is 3. The lowest BCUT2D eigenvalue weighted by molar-refractivity contribution is 0.0652. The Balaban J connectivity index is 1.68. The first-order chi connectivity index (χ1) is 13.4. The van der Waals surface area contributed by atoms with Crippen molar-refractivity contribution in [3.8, 4) is 0 Å². The Labute approximate surface area is 165 Å². The van der Waals surface area contributed by atoms with Crippen molar-refractivity contribution in [2.75, 3.05) is 25.5 Å². The third-order valence-corrected chi connectivity index (χ3v) is 4.87. The Bertz CT molecular complexity index is 904. The minimum Gasteiger partial charge on any atom is -0.378 e. The molecule has 0 radical (unpaired) electrons. The molecule has 0 unspecified atom stereocenters. The van der Waals surface area contributed by atoms with Crippen LogP contribution in [-0.2, 0) is 6.54 Å². The zero-order valence-electron chi connectivity index (χ0n) is 16.5. The molecule has 3 amide bonds. The third-order valence-electron chi connectivity index (χ3n) is 4.87. The lowest BCUT2D eigenvalue weighted by atomic mass is 10.1. The normalized spacial score (nSPS) is 12.9.